The number of hydrogen-bond donors (Lipinski definition) is 0. The monoisotopic (exact) mass is 380 g/mol. The Morgan fingerprint density at radius 2 is 1.18 bits per heavy atom. The van der Waals surface area contributed by atoms with Crippen LogP contribution in [0.1, 0.15) is 96.8 Å². The SMILES string of the molecule is CCCCCCCC/C=C\CCCCCCCC(=O)[O-].[Cl-].[Zn+2]. The summed E-state index contributed by atoms with van der Waals surface area (Å²) in [6.07, 6.45) is 20.9. The van der Waals surface area contributed by atoms with Crippen LogP contribution in [0, 0.1) is 0 Å². The van der Waals surface area contributed by atoms with Crippen molar-refractivity contribution in [3.05, 3.63) is 12.2 Å². The summed E-state index contributed by atoms with van der Waals surface area (Å²) in [4.78, 5) is 10.2. The van der Waals surface area contributed by atoms with Gasteiger partial charge in [-0.25, -0.2) is 0 Å². The van der Waals surface area contributed by atoms with E-state index >= 15 is 0 Å². The summed E-state index contributed by atoms with van der Waals surface area (Å²) >= 11 is 0. The van der Waals surface area contributed by atoms with Crippen molar-refractivity contribution in [2.45, 2.75) is 96.8 Å². The number of aliphatic carboxylic acids is 1. The Hall–Kier alpha value is 0.123. The zero-order valence-electron chi connectivity index (χ0n) is 14.5. The van der Waals surface area contributed by atoms with Crippen LogP contribution in [0.5, 0.6) is 0 Å². The van der Waals surface area contributed by atoms with Gasteiger partial charge in [-0.3, -0.25) is 0 Å². The number of halogens is 1. The molecule has 2 nitrogen and oxygen atoms in total. The second-order valence-electron chi connectivity index (χ2n) is 5.71. The molecule has 0 spiro atoms. The fourth-order valence-corrected chi connectivity index (χ4v) is 2.34. The molecule has 0 amide bonds. The Labute approximate surface area is 156 Å². The second-order valence-corrected chi connectivity index (χ2v) is 5.71. The summed E-state index contributed by atoms with van der Waals surface area (Å²) in [5.74, 6) is -0.914. The first-order valence-electron chi connectivity index (χ1n) is 8.62. The smallest absolute Gasteiger partial charge is 1.00 e. The Morgan fingerprint density at radius 3 is 1.64 bits per heavy atom. The molecule has 0 saturated carbocycles. The van der Waals surface area contributed by atoms with Crippen molar-refractivity contribution >= 4 is 5.97 Å². The quantitative estimate of drug-likeness (QED) is 0.246. The number of rotatable bonds is 15. The summed E-state index contributed by atoms with van der Waals surface area (Å²) in [5, 5.41) is 10.2. The van der Waals surface area contributed by atoms with Gasteiger partial charge in [0.25, 0.3) is 0 Å². The van der Waals surface area contributed by atoms with Gasteiger partial charge in [0.05, 0.1) is 0 Å². The molecule has 0 aromatic heterocycles. The number of carboxylic acids is 1. The molecule has 0 heterocycles. The molecule has 0 aromatic rings. The van der Waals surface area contributed by atoms with Gasteiger partial charge >= 0.3 is 19.5 Å². The third-order valence-corrected chi connectivity index (χ3v) is 3.64. The van der Waals surface area contributed by atoms with Crippen LogP contribution in [0.15, 0.2) is 12.2 Å². The van der Waals surface area contributed by atoms with Gasteiger partial charge in [-0.05, 0) is 38.5 Å². The molecule has 0 rings (SSSR count). The van der Waals surface area contributed by atoms with Crippen LogP contribution in [0.2, 0.25) is 0 Å². The summed E-state index contributed by atoms with van der Waals surface area (Å²) in [7, 11) is 0. The third kappa shape index (κ3) is 25.1. The van der Waals surface area contributed by atoms with Crippen LogP contribution in [-0.4, -0.2) is 5.97 Å². The first kappa shape index (κ1) is 27.0. The fourth-order valence-electron chi connectivity index (χ4n) is 2.34. The normalized spacial score (nSPS) is 10.2. The van der Waals surface area contributed by atoms with Crippen LogP contribution < -0.4 is 17.5 Å². The molecule has 4 heteroatoms. The number of unbranched alkanes of at least 4 members (excludes halogenated alkanes) is 11. The molecule has 0 saturated heterocycles. The van der Waals surface area contributed by atoms with E-state index in [-0.39, 0.29) is 38.3 Å². The van der Waals surface area contributed by atoms with Gasteiger partial charge in [-0.1, -0.05) is 70.4 Å². The van der Waals surface area contributed by atoms with E-state index in [4.69, 9.17) is 0 Å². The van der Waals surface area contributed by atoms with Gasteiger partial charge in [0.1, 0.15) is 0 Å². The summed E-state index contributed by atoms with van der Waals surface area (Å²) < 4.78 is 0. The minimum Gasteiger partial charge on any atom is -1.00 e. The van der Waals surface area contributed by atoms with E-state index in [9.17, 15) is 9.90 Å². The van der Waals surface area contributed by atoms with Crippen molar-refractivity contribution in [3.63, 3.8) is 0 Å². The van der Waals surface area contributed by atoms with Crippen molar-refractivity contribution < 1.29 is 41.8 Å². The van der Waals surface area contributed by atoms with Crippen molar-refractivity contribution in [1.29, 1.82) is 0 Å². The molecule has 0 aromatic carbocycles. The van der Waals surface area contributed by atoms with Gasteiger partial charge < -0.3 is 22.3 Å². The maximum atomic E-state index is 10.2. The molecule has 0 radical (unpaired) electrons. The maximum Gasteiger partial charge on any atom is 2.00 e. The van der Waals surface area contributed by atoms with Gasteiger partial charge in [0.2, 0.25) is 0 Å². The largest absolute Gasteiger partial charge is 2.00 e. The zero-order valence-corrected chi connectivity index (χ0v) is 18.2. The molecule has 0 N–H and O–H groups in total. The van der Waals surface area contributed by atoms with Crippen molar-refractivity contribution in [2.24, 2.45) is 0 Å². The Kier molecular flexibility index (Phi) is 28.7. The summed E-state index contributed by atoms with van der Waals surface area (Å²) in [6.45, 7) is 2.26. The Bertz CT molecular complexity index is 245. The number of carbonyl (C=O) groups excluding carboxylic acids is 1. The van der Waals surface area contributed by atoms with E-state index in [1.165, 1.54) is 64.2 Å². The number of allylic oxidation sites excluding steroid dienone is 2. The number of carbonyl (C=O) groups is 1. The first-order chi connectivity index (χ1) is 9.77. The first-order valence-corrected chi connectivity index (χ1v) is 8.62. The van der Waals surface area contributed by atoms with E-state index in [2.05, 4.69) is 19.1 Å². The molecule has 22 heavy (non-hydrogen) atoms. The van der Waals surface area contributed by atoms with Crippen LogP contribution in [0.3, 0.4) is 0 Å². The number of carboxylic acid groups (broad SMARTS) is 1. The average molecular weight is 382 g/mol. The topological polar surface area (TPSA) is 40.1 Å². The molecular formula is C18H33ClO2Zn. The molecule has 0 unspecified atom stereocenters. The van der Waals surface area contributed by atoms with Crippen LogP contribution in [0.25, 0.3) is 0 Å². The van der Waals surface area contributed by atoms with Gasteiger partial charge in [-0.2, -0.15) is 0 Å². The molecule has 0 atom stereocenters. The minimum atomic E-state index is -0.914. The summed E-state index contributed by atoms with van der Waals surface area (Å²) in [6, 6.07) is 0. The molecule has 0 aliphatic carbocycles. The van der Waals surface area contributed by atoms with Crippen LogP contribution >= 0.6 is 0 Å². The van der Waals surface area contributed by atoms with E-state index in [0.717, 1.165) is 19.3 Å². The Morgan fingerprint density at radius 1 is 0.773 bits per heavy atom. The zero-order chi connectivity index (χ0) is 14.9. The van der Waals surface area contributed by atoms with Crippen LogP contribution in [0.4, 0.5) is 0 Å². The standard InChI is InChI=1S/C18H34O2.ClH.Zn/c1-2-3-4-5-6-7-8-9-10-11-12-13-14-15-16-17-18(19)20;;/h9-10H,2-8,11-17H2,1H3,(H,19,20);1H;/q;;+2/p-2/b10-9-;;. The van der Waals surface area contributed by atoms with Gasteiger partial charge in [0, 0.05) is 5.97 Å². The predicted octanol–water partition coefficient (Wildman–Crippen LogP) is 1.78. The molecular weight excluding hydrogens is 349 g/mol. The van der Waals surface area contributed by atoms with Crippen molar-refractivity contribution in [3.8, 4) is 0 Å². The van der Waals surface area contributed by atoms with E-state index < -0.39 is 5.97 Å². The predicted molar refractivity (Wildman–Crippen MR) is 84.5 cm³/mol. The third-order valence-electron chi connectivity index (χ3n) is 3.64. The van der Waals surface area contributed by atoms with E-state index in [0.29, 0.717) is 0 Å². The second kappa shape index (κ2) is 23.4. The molecule has 126 valence electrons. The van der Waals surface area contributed by atoms with Gasteiger partial charge in [0.15, 0.2) is 0 Å². The van der Waals surface area contributed by atoms with Gasteiger partial charge in [-0.15, -0.1) is 0 Å². The maximum absolute atomic E-state index is 10.2. The number of hydrogen-bond acceptors (Lipinski definition) is 2. The molecule has 0 bridgehead atoms. The van der Waals surface area contributed by atoms with Crippen LogP contribution in [-0.2, 0) is 24.3 Å². The molecule has 0 aliphatic rings. The van der Waals surface area contributed by atoms with E-state index in [1.807, 2.05) is 0 Å². The molecule has 0 aliphatic heterocycles. The van der Waals surface area contributed by atoms with Crippen molar-refractivity contribution in [2.75, 3.05) is 0 Å². The van der Waals surface area contributed by atoms with Crippen molar-refractivity contribution in [1.82, 2.24) is 0 Å². The van der Waals surface area contributed by atoms with E-state index in [1.54, 1.807) is 0 Å². The Balaban J connectivity index is -0.00000180. The average Bonchev–Trinajstić information content (AvgIpc) is 2.43. The fraction of sp³-hybridized carbons (Fsp3) is 0.833. The summed E-state index contributed by atoms with van der Waals surface area (Å²) in [5.41, 5.74) is 0. The minimum absolute atomic E-state index is 0. The molecule has 0 fully saturated rings.